The summed E-state index contributed by atoms with van der Waals surface area (Å²) >= 11 is 6.09. The Morgan fingerprint density at radius 3 is 1.79 bits per heavy atom. The summed E-state index contributed by atoms with van der Waals surface area (Å²) in [5.41, 5.74) is 2.40. The highest BCUT2D eigenvalue weighted by molar-refractivity contribution is 7.90. The van der Waals surface area contributed by atoms with Gasteiger partial charge in [-0.15, -0.1) is 0 Å². The predicted octanol–water partition coefficient (Wildman–Crippen LogP) is 4.67. The van der Waals surface area contributed by atoms with E-state index >= 15 is 0 Å². The summed E-state index contributed by atoms with van der Waals surface area (Å²) in [6.07, 6.45) is 6.87. The molecule has 4 atom stereocenters. The molecule has 0 radical (unpaired) electrons. The van der Waals surface area contributed by atoms with Crippen molar-refractivity contribution in [2.75, 3.05) is 51.5 Å². The standard InChI is InChI=1S/C39H43ClN6O10S2/c1-6-55-34-15-23(7-9-32(34)53-2)30(20-57(4,49)50)45-36-28(43-38(45)47)14-25(18-41-36)27-13-22(27)11-12-56-35-16-24(8-10-33(35)54-3)31(21-58(5,51)52)46-37-29(44-39(46)48)17-26(40)19-42-37/h7-10,14-19,22,27,30-31H,6,11-13,20-21H2,1-5H3,(H,43,47)(H,44,48)/t22?,27?,30-,31-/m0/s1. The number of methoxy groups -OCH3 is 2. The molecule has 0 aliphatic heterocycles. The van der Waals surface area contributed by atoms with Gasteiger partial charge in [0.05, 0.1) is 67.1 Å². The Hall–Kier alpha value is -5.33. The van der Waals surface area contributed by atoms with Gasteiger partial charge in [0.2, 0.25) is 0 Å². The Morgan fingerprint density at radius 2 is 1.28 bits per heavy atom. The number of aromatic amines is 2. The van der Waals surface area contributed by atoms with E-state index in [1.165, 1.54) is 29.6 Å². The van der Waals surface area contributed by atoms with Crippen LogP contribution in [0.15, 0.2) is 70.5 Å². The van der Waals surface area contributed by atoms with Crippen molar-refractivity contribution in [2.45, 2.75) is 37.8 Å². The van der Waals surface area contributed by atoms with Crippen molar-refractivity contribution in [3.8, 4) is 23.0 Å². The van der Waals surface area contributed by atoms with Crippen LogP contribution in [-0.2, 0) is 19.7 Å². The third kappa shape index (κ3) is 8.73. The average Bonchev–Trinajstić information content (AvgIpc) is 3.75. The molecule has 4 heterocycles. The number of imidazole rings is 2. The van der Waals surface area contributed by atoms with E-state index in [0.29, 0.717) is 75.5 Å². The van der Waals surface area contributed by atoms with Crippen LogP contribution in [0, 0.1) is 5.92 Å². The Balaban J connectivity index is 1.09. The lowest BCUT2D eigenvalue weighted by Gasteiger charge is -2.20. The predicted molar refractivity (Wildman–Crippen MR) is 220 cm³/mol. The second kappa shape index (κ2) is 16.1. The van der Waals surface area contributed by atoms with E-state index in [1.54, 1.807) is 48.7 Å². The summed E-state index contributed by atoms with van der Waals surface area (Å²) in [5.74, 6) is 1.42. The first-order valence-corrected chi connectivity index (χ1v) is 22.9. The minimum atomic E-state index is -3.58. The van der Waals surface area contributed by atoms with Crippen LogP contribution >= 0.6 is 11.6 Å². The second-order valence-corrected chi connectivity index (χ2v) is 19.3. The van der Waals surface area contributed by atoms with E-state index in [9.17, 15) is 26.4 Å². The number of sulfone groups is 2. The van der Waals surface area contributed by atoms with Gasteiger partial charge in [-0.25, -0.2) is 36.4 Å². The molecule has 19 heteroatoms. The topological polar surface area (TPSA) is 207 Å². The largest absolute Gasteiger partial charge is 0.493 e. The van der Waals surface area contributed by atoms with Crippen LogP contribution in [0.3, 0.4) is 0 Å². The number of aromatic nitrogens is 6. The van der Waals surface area contributed by atoms with Crippen molar-refractivity contribution in [3.63, 3.8) is 0 Å². The molecule has 6 aromatic rings. The summed E-state index contributed by atoms with van der Waals surface area (Å²) in [5, 5.41) is 0.322. The van der Waals surface area contributed by atoms with Crippen molar-refractivity contribution >= 4 is 53.6 Å². The summed E-state index contributed by atoms with van der Waals surface area (Å²) in [4.78, 5) is 41.2. The van der Waals surface area contributed by atoms with E-state index in [0.717, 1.165) is 24.5 Å². The highest BCUT2D eigenvalue weighted by atomic mass is 35.5. The third-order valence-electron chi connectivity index (χ3n) is 10.2. The molecular formula is C39H43ClN6O10S2. The maximum absolute atomic E-state index is 13.5. The number of ether oxygens (including phenoxy) is 4. The number of benzene rings is 2. The number of nitrogens with one attached hydrogen (secondary N) is 2. The maximum atomic E-state index is 13.5. The van der Waals surface area contributed by atoms with Crippen molar-refractivity contribution in [1.29, 1.82) is 0 Å². The number of H-pyrrole nitrogens is 2. The summed E-state index contributed by atoms with van der Waals surface area (Å²) in [6, 6.07) is 11.7. The fourth-order valence-corrected chi connectivity index (χ4v) is 9.48. The molecule has 0 amide bonds. The first kappa shape index (κ1) is 40.9. The molecule has 58 heavy (non-hydrogen) atoms. The van der Waals surface area contributed by atoms with E-state index in [4.69, 9.17) is 30.5 Å². The fraction of sp³-hybridized carbons (Fsp3) is 0.385. The van der Waals surface area contributed by atoms with Gasteiger partial charge in [-0.2, -0.15) is 0 Å². The number of nitrogens with zero attached hydrogens (tertiary/aromatic N) is 4. The van der Waals surface area contributed by atoms with Crippen molar-refractivity contribution in [3.05, 3.63) is 104 Å². The van der Waals surface area contributed by atoms with Crippen molar-refractivity contribution in [1.82, 2.24) is 29.1 Å². The highest BCUT2D eigenvalue weighted by Crippen LogP contribution is 2.50. The minimum Gasteiger partial charge on any atom is -0.493 e. The van der Waals surface area contributed by atoms with Crippen molar-refractivity contribution in [2.24, 2.45) is 5.92 Å². The zero-order valence-electron chi connectivity index (χ0n) is 32.4. The normalized spacial score (nSPS) is 16.7. The molecule has 7 rings (SSSR count). The number of pyridine rings is 2. The van der Waals surface area contributed by atoms with Gasteiger partial charge < -0.3 is 28.9 Å². The van der Waals surface area contributed by atoms with Crippen LogP contribution in [0.1, 0.15) is 54.5 Å². The Labute approximate surface area is 338 Å². The molecule has 2 unspecified atom stereocenters. The van der Waals surface area contributed by atoms with Crippen LogP contribution in [0.5, 0.6) is 23.0 Å². The molecule has 0 bridgehead atoms. The molecule has 1 aliphatic rings. The minimum absolute atomic E-state index is 0.150. The van der Waals surface area contributed by atoms with Gasteiger partial charge in [-0.1, -0.05) is 23.7 Å². The molecule has 308 valence electrons. The van der Waals surface area contributed by atoms with Crippen LogP contribution < -0.4 is 30.3 Å². The van der Waals surface area contributed by atoms with E-state index in [-0.39, 0.29) is 29.0 Å². The number of rotatable bonds is 17. The quantitative estimate of drug-likeness (QED) is 0.128. The number of hydrogen-bond donors (Lipinski definition) is 2. The zero-order valence-corrected chi connectivity index (χ0v) is 34.8. The number of halogens is 1. The average molecular weight is 855 g/mol. The van der Waals surface area contributed by atoms with Gasteiger partial charge in [-0.05, 0) is 84.7 Å². The summed E-state index contributed by atoms with van der Waals surface area (Å²) < 4.78 is 76.2. The number of fused-ring (bicyclic) bond motifs is 2. The number of hydrogen-bond acceptors (Lipinski definition) is 12. The SMILES string of the molecule is CCOc1cc([C@H](CS(C)(=O)=O)n2c(=O)[nH]c3cc(C4CC4CCOc4cc([C@H](CS(C)(=O)=O)n5c(=O)[nH]c6cc(Cl)cnc65)ccc4OC)cnc32)ccc1OC. The molecule has 16 nitrogen and oxygen atoms in total. The van der Waals surface area contributed by atoms with Crippen molar-refractivity contribution < 1.29 is 35.8 Å². The monoisotopic (exact) mass is 854 g/mol. The van der Waals surface area contributed by atoms with E-state index in [2.05, 4.69) is 19.9 Å². The van der Waals surface area contributed by atoms with Crippen LogP contribution in [0.2, 0.25) is 5.02 Å². The third-order valence-corrected chi connectivity index (χ3v) is 12.2. The zero-order chi connectivity index (χ0) is 41.5. The Kier molecular flexibility index (Phi) is 11.4. The molecule has 2 N–H and O–H groups in total. The van der Waals surface area contributed by atoms with Crippen LogP contribution in [0.25, 0.3) is 22.3 Å². The van der Waals surface area contributed by atoms with Gasteiger partial charge in [0, 0.05) is 24.9 Å². The summed E-state index contributed by atoms with van der Waals surface area (Å²) in [7, 11) is -4.11. The molecular weight excluding hydrogens is 812 g/mol. The van der Waals surface area contributed by atoms with Gasteiger partial charge in [0.25, 0.3) is 0 Å². The second-order valence-electron chi connectivity index (χ2n) is 14.5. The lowest BCUT2D eigenvalue weighted by molar-refractivity contribution is 0.281. The van der Waals surface area contributed by atoms with Gasteiger partial charge in [-0.3, -0.25) is 9.13 Å². The molecule has 1 saturated carbocycles. The Morgan fingerprint density at radius 1 is 0.759 bits per heavy atom. The molecule has 0 spiro atoms. The smallest absolute Gasteiger partial charge is 0.328 e. The van der Waals surface area contributed by atoms with Crippen LogP contribution in [0.4, 0.5) is 0 Å². The van der Waals surface area contributed by atoms with E-state index in [1.807, 2.05) is 13.0 Å². The molecule has 0 saturated heterocycles. The summed E-state index contributed by atoms with van der Waals surface area (Å²) in [6.45, 7) is 2.50. The lowest BCUT2D eigenvalue weighted by Crippen LogP contribution is -2.28. The first-order valence-electron chi connectivity index (χ1n) is 18.4. The molecule has 1 aliphatic carbocycles. The van der Waals surface area contributed by atoms with Crippen LogP contribution in [-0.4, -0.2) is 97.4 Å². The maximum Gasteiger partial charge on any atom is 0.328 e. The fourth-order valence-electron chi connectivity index (χ4n) is 7.49. The molecule has 1 fully saturated rings. The molecule has 2 aromatic carbocycles. The molecule has 4 aromatic heterocycles. The van der Waals surface area contributed by atoms with Gasteiger partial charge in [0.15, 0.2) is 34.3 Å². The van der Waals surface area contributed by atoms with Gasteiger partial charge >= 0.3 is 11.4 Å². The lowest BCUT2D eigenvalue weighted by atomic mass is 10.1. The van der Waals surface area contributed by atoms with Gasteiger partial charge in [0.1, 0.15) is 19.7 Å². The van der Waals surface area contributed by atoms with E-state index < -0.39 is 43.1 Å². The first-order chi connectivity index (χ1) is 27.6. The Bertz CT molecular complexity index is 2850. The highest BCUT2D eigenvalue weighted by Gasteiger charge is 2.39.